The number of nitrogens with zero attached hydrogens (tertiary/aromatic N) is 1. The molecular formula is C21H32INO4. The summed E-state index contributed by atoms with van der Waals surface area (Å²) < 4.78 is 12.5. The summed E-state index contributed by atoms with van der Waals surface area (Å²) in [4.78, 5) is 14.1. The Hall–Kier alpha value is -0.860. The highest BCUT2D eigenvalue weighted by Gasteiger charge is 2.47. The topological polar surface area (TPSA) is 59.0 Å². The van der Waals surface area contributed by atoms with Crippen molar-refractivity contribution in [2.75, 3.05) is 13.9 Å². The molecule has 152 valence electrons. The molecule has 6 heteroatoms. The first-order valence-corrected chi connectivity index (χ1v) is 11.0. The summed E-state index contributed by atoms with van der Waals surface area (Å²) in [6.07, 6.45) is 7.83. The largest absolute Gasteiger partial charge is 0.465 e. The van der Waals surface area contributed by atoms with Crippen molar-refractivity contribution in [2.45, 2.75) is 76.5 Å². The predicted octanol–water partition coefficient (Wildman–Crippen LogP) is 5.96. The molecule has 0 spiro atoms. The van der Waals surface area contributed by atoms with Gasteiger partial charge in [0.15, 0.2) is 5.72 Å². The number of hydrogen-bond acceptors (Lipinski definition) is 3. The molecule has 0 heterocycles. The molecule has 1 aromatic rings. The highest BCUT2D eigenvalue weighted by Crippen LogP contribution is 2.42. The normalized spacial score (nSPS) is 17.4. The number of carboxylic acid groups (broad SMARTS) is 1. The first kappa shape index (κ1) is 22.4. The van der Waals surface area contributed by atoms with Gasteiger partial charge in [0, 0.05) is 28.7 Å². The number of carbonyl (C=O) groups is 1. The second kappa shape index (κ2) is 11.2. The minimum absolute atomic E-state index is 0.0225. The van der Waals surface area contributed by atoms with Crippen LogP contribution in [0.4, 0.5) is 4.79 Å². The number of methoxy groups -OCH3 is 1. The second-order valence-electron chi connectivity index (χ2n) is 7.22. The SMILES string of the molecule is CCCCC[C@@](OCOC)(c1ccccc1I)N(C(=O)O)C1CCCCC1. The summed E-state index contributed by atoms with van der Waals surface area (Å²) in [6.45, 7) is 2.22. The molecule has 1 saturated carbocycles. The van der Waals surface area contributed by atoms with Crippen molar-refractivity contribution in [1.82, 2.24) is 4.90 Å². The Morgan fingerprint density at radius 2 is 1.96 bits per heavy atom. The van der Waals surface area contributed by atoms with E-state index in [-0.39, 0.29) is 12.8 Å². The standard InChI is InChI=1S/C21H32INO4/c1-3-4-10-15-21(27-16-26-2,18-13-8-9-14-19(18)22)23(20(24)25)17-11-6-5-7-12-17/h8-9,13-14,17H,3-7,10-12,15-16H2,1-2H3,(H,24,25)/t21-/m1/s1. The lowest BCUT2D eigenvalue weighted by Crippen LogP contribution is -2.56. The molecule has 1 aliphatic carbocycles. The third-order valence-corrected chi connectivity index (χ3v) is 6.31. The maximum Gasteiger partial charge on any atom is 0.410 e. The van der Waals surface area contributed by atoms with Crippen molar-refractivity contribution in [3.8, 4) is 0 Å². The lowest BCUT2D eigenvalue weighted by atomic mass is 9.88. The Kier molecular flexibility index (Phi) is 9.32. The van der Waals surface area contributed by atoms with E-state index in [0.717, 1.165) is 54.1 Å². The summed E-state index contributed by atoms with van der Waals surface area (Å²) in [5.74, 6) is 0. The fourth-order valence-corrected chi connectivity index (χ4v) is 4.91. The van der Waals surface area contributed by atoms with Crippen LogP contribution in [0, 0.1) is 3.57 Å². The zero-order chi connectivity index (χ0) is 19.7. The molecule has 27 heavy (non-hydrogen) atoms. The van der Waals surface area contributed by atoms with Crippen LogP contribution in [0.5, 0.6) is 0 Å². The van der Waals surface area contributed by atoms with Crippen LogP contribution < -0.4 is 0 Å². The number of rotatable bonds is 10. The number of ether oxygens (including phenoxy) is 2. The van der Waals surface area contributed by atoms with Crippen molar-refractivity contribution in [2.24, 2.45) is 0 Å². The first-order chi connectivity index (χ1) is 13.1. The van der Waals surface area contributed by atoms with Crippen LogP contribution in [-0.4, -0.2) is 36.0 Å². The highest BCUT2D eigenvalue weighted by atomic mass is 127. The second-order valence-corrected chi connectivity index (χ2v) is 8.38. The van der Waals surface area contributed by atoms with Crippen LogP contribution >= 0.6 is 22.6 Å². The molecule has 0 aromatic heterocycles. The van der Waals surface area contributed by atoms with E-state index in [1.807, 2.05) is 24.3 Å². The molecule has 0 bridgehead atoms. The minimum Gasteiger partial charge on any atom is -0.465 e. The first-order valence-electron chi connectivity index (χ1n) is 9.97. The molecule has 1 aromatic carbocycles. The van der Waals surface area contributed by atoms with Gasteiger partial charge in [0.25, 0.3) is 0 Å². The van der Waals surface area contributed by atoms with Crippen LogP contribution in [0.1, 0.15) is 70.3 Å². The molecule has 5 nitrogen and oxygen atoms in total. The van der Waals surface area contributed by atoms with Gasteiger partial charge in [-0.2, -0.15) is 0 Å². The molecule has 2 rings (SSSR count). The number of halogens is 1. The predicted molar refractivity (Wildman–Crippen MR) is 115 cm³/mol. The zero-order valence-corrected chi connectivity index (χ0v) is 18.6. The summed E-state index contributed by atoms with van der Waals surface area (Å²) in [7, 11) is 1.58. The summed E-state index contributed by atoms with van der Waals surface area (Å²) in [5, 5.41) is 10.3. The van der Waals surface area contributed by atoms with Crippen LogP contribution in [0.3, 0.4) is 0 Å². The molecular weight excluding hydrogens is 457 g/mol. The lowest BCUT2D eigenvalue weighted by Gasteiger charge is -2.47. The summed E-state index contributed by atoms with van der Waals surface area (Å²) in [5.41, 5.74) is -0.0942. The van der Waals surface area contributed by atoms with E-state index < -0.39 is 11.8 Å². The summed E-state index contributed by atoms with van der Waals surface area (Å²) in [6, 6.07) is 7.93. The quantitative estimate of drug-likeness (QED) is 0.251. The number of hydrogen-bond donors (Lipinski definition) is 1. The van der Waals surface area contributed by atoms with Gasteiger partial charge in [0.1, 0.15) is 6.79 Å². The lowest BCUT2D eigenvalue weighted by molar-refractivity contribution is -0.216. The van der Waals surface area contributed by atoms with Gasteiger partial charge in [0.2, 0.25) is 0 Å². The highest BCUT2D eigenvalue weighted by molar-refractivity contribution is 14.1. The van der Waals surface area contributed by atoms with E-state index in [2.05, 4.69) is 29.5 Å². The van der Waals surface area contributed by atoms with Gasteiger partial charge < -0.3 is 14.6 Å². The maximum atomic E-state index is 12.5. The monoisotopic (exact) mass is 489 g/mol. The number of amides is 1. The van der Waals surface area contributed by atoms with E-state index in [1.54, 1.807) is 12.0 Å². The van der Waals surface area contributed by atoms with Crippen molar-refractivity contribution in [1.29, 1.82) is 0 Å². The average Bonchev–Trinajstić information content (AvgIpc) is 2.67. The third kappa shape index (κ3) is 5.57. The Morgan fingerprint density at radius 3 is 2.56 bits per heavy atom. The number of benzene rings is 1. The fourth-order valence-electron chi connectivity index (χ4n) is 4.10. The molecule has 1 fully saturated rings. The molecule has 0 radical (unpaired) electrons. The van der Waals surface area contributed by atoms with Crippen molar-refractivity contribution in [3.63, 3.8) is 0 Å². The van der Waals surface area contributed by atoms with E-state index in [9.17, 15) is 9.90 Å². The van der Waals surface area contributed by atoms with Gasteiger partial charge in [-0.1, -0.05) is 57.2 Å². The molecule has 1 atom stereocenters. The van der Waals surface area contributed by atoms with Crippen LogP contribution in [-0.2, 0) is 15.2 Å². The molecule has 1 amide bonds. The Labute approximate surface area is 176 Å². The van der Waals surface area contributed by atoms with Gasteiger partial charge in [-0.3, -0.25) is 4.90 Å². The van der Waals surface area contributed by atoms with E-state index in [1.165, 1.54) is 6.42 Å². The third-order valence-electron chi connectivity index (χ3n) is 5.36. The van der Waals surface area contributed by atoms with Gasteiger partial charge >= 0.3 is 6.09 Å². The average molecular weight is 489 g/mol. The molecule has 0 aliphatic heterocycles. The van der Waals surface area contributed by atoms with Crippen LogP contribution in [0.15, 0.2) is 24.3 Å². The van der Waals surface area contributed by atoms with Crippen molar-refractivity contribution >= 4 is 28.7 Å². The summed E-state index contributed by atoms with van der Waals surface area (Å²) >= 11 is 2.29. The van der Waals surface area contributed by atoms with E-state index >= 15 is 0 Å². The van der Waals surface area contributed by atoms with Gasteiger partial charge in [-0.05, 0) is 47.9 Å². The molecule has 1 aliphatic rings. The molecule has 0 saturated heterocycles. The zero-order valence-electron chi connectivity index (χ0n) is 16.5. The Bertz CT molecular complexity index is 591. The van der Waals surface area contributed by atoms with Crippen LogP contribution in [0.2, 0.25) is 0 Å². The van der Waals surface area contributed by atoms with Gasteiger partial charge in [-0.25, -0.2) is 4.79 Å². The van der Waals surface area contributed by atoms with Crippen molar-refractivity contribution < 1.29 is 19.4 Å². The molecule has 1 N–H and O–H groups in total. The van der Waals surface area contributed by atoms with Crippen LogP contribution in [0.25, 0.3) is 0 Å². The maximum absolute atomic E-state index is 12.5. The Morgan fingerprint density at radius 1 is 1.26 bits per heavy atom. The van der Waals surface area contributed by atoms with E-state index in [4.69, 9.17) is 9.47 Å². The fraction of sp³-hybridized carbons (Fsp3) is 0.667. The van der Waals surface area contributed by atoms with Crippen molar-refractivity contribution in [3.05, 3.63) is 33.4 Å². The minimum atomic E-state index is -1.02. The van der Waals surface area contributed by atoms with E-state index in [0.29, 0.717) is 6.42 Å². The van der Waals surface area contributed by atoms with Gasteiger partial charge in [0.05, 0.1) is 0 Å². The smallest absolute Gasteiger partial charge is 0.410 e. The van der Waals surface area contributed by atoms with Gasteiger partial charge in [-0.15, -0.1) is 0 Å². The number of unbranched alkanes of at least 4 members (excludes halogenated alkanes) is 2. The molecule has 0 unspecified atom stereocenters. The Balaban J connectivity index is 2.54.